The van der Waals surface area contributed by atoms with Crippen molar-refractivity contribution < 1.29 is 14.3 Å². The molecule has 4 nitrogen and oxygen atoms in total. The van der Waals surface area contributed by atoms with E-state index in [1.807, 2.05) is 30.3 Å². The summed E-state index contributed by atoms with van der Waals surface area (Å²) in [5, 5.41) is 3.65. The Labute approximate surface area is 174 Å². The first kappa shape index (κ1) is 19.6. The summed E-state index contributed by atoms with van der Waals surface area (Å²) in [4.78, 5) is 23.9. The Balaban J connectivity index is 1.33. The fourth-order valence-corrected chi connectivity index (χ4v) is 4.52. The standard InChI is InChI=1S/C24H23NO3S/c26-15-21-12-13-23(29-21)25-24(27)18-10-11-20(14-18)28-16-19-8-4-5-9-22(19)17-6-2-1-3-7-17/h1-9,12-13,15,18,20H,10-11,14,16H2,(H,25,27)/t18-,20?/m0/s1. The van der Waals surface area contributed by atoms with Crippen LogP contribution in [0.5, 0.6) is 0 Å². The fourth-order valence-electron chi connectivity index (χ4n) is 3.79. The molecule has 1 aromatic heterocycles. The van der Waals surface area contributed by atoms with Gasteiger partial charge in [0.25, 0.3) is 0 Å². The maximum Gasteiger partial charge on any atom is 0.228 e. The lowest BCUT2D eigenvalue weighted by molar-refractivity contribution is -0.120. The van der Waals surface area contributed by atoms with Crippen LogP contribution in [0.15, 0.2) is 66.7 Å². The van der Waals surface area contributed by atoms with Crippen LogP contribution in [0.2, 0.25) is 0 Å². The summed E-state index contributed by atoms with van der Waals surface area (Å²) in [6.07, 6.45) is 3.32. The molecule has 1 N–H and O–H groups in total. The number of benzene rings is 2. The summed E-state index contributed by atoms with van der Waals surface area (Å²) in [5.74, 6) is -0.0359. The van der Waals surface area contributed by atoms with Crippen LogP contribution in [0.3, 0.4) is 0 Å². The summed E-state index contributed by atoms with van der Waals surface area (Å²) >= 11 is 1.30. The first-order valence-electron chi connectivity index (χ1n) is 9.84. The second kappa shape index (κ2) is 9.16. The maximum atomic E-state index is 12.5. The molecule has 1 aliphatic rings. The van der Waals surface area contributed by atoms with E-state index < -0.39 is 0 Å². The fraction of sp³-hybridized carbons (Fsp3) is 0.250. The molecule has 0 radical (unpaired) electrons. The van der Waals surface area contributed by atoms with Crippen LogP contribution in [0.25, 0.3) is 11.1 Å². The van der Waals surface area contributed by atoms with Gasteiger partial charge in [0.15, 0.2) is 6.29 Å². The molecular weight excluding hydrogens is 382 g/mol. The van der Waals surface area contributed by atoms with Gasteiger partial charge < -0.3 is 10.1 Å². The van der Waals surface area contributed by atoms with Gasteiger partial charge in [0.05, 0.1) is 22.6 Å². The topological polar surface area (TPSA) is 55.4 Å². The van der Waals surface area contributed by atoms with Crippen molar-refractivity contribution in [3.05, 3.63) is 77.2 Å². The number of carbonyl (C=O) groups is 2. The van der Waals surface area contributed by atoms with Gasteiger partial charge in [-0.3, -0.25) is 9.59 Å². The summed E-state index contributed by atoms with van der Waals surface area (Å²) in [6.45, 7) is 0.539. The molecule has 29 heavy (non-hydrogen) atoms. The molecule has 0 bridgehead atoms. The second-order valence-electron chi connectivity index (χ2n) is 7.28. The highest BCUT2D eigenvalue weighted by Crippen LogP contribution is 2.32. The summed E-state index contributed by atoms with van der Waals surface area (Å²) in [5.41, 5.74) is 3.52. The zero-order chi connectivity index (χ0) is 20.1. The van der Waals surface area contributed by atoms with Crippen molar-refractivity contribution in [1.29, 1.82) is 0 Å². The van der Waals surface area contributed by atoms with E-state index in [1.165, 1.54) is 22.5 Å². The van der Waals surface area contributed by atoms with Crippen molar-refractivity contribution in [2.45, 2.75) is 32.0 Å². The number of carbonyl (C=O) groups excluding carboxylic acids is 2. The normalized spacial score (nSPS) is 18.5. The van der Waals surface area contributed by atoms with Crippen molar-refractivity contribution in [3.8, 4) is 11.1 Å². The average molecular weight is 406 g/mol. The minimum absolute atomic E-state index is 0.0140. The third-order valence-electron chi connectivity index (χ3n) is 5.32. The number of nitrogens with one attached hydrogen (secondary N) is 1. The molecule has 5 heteroatoms. The Hall–Kier alpha value is -2.76. The van der Waals surface area contributed by atoms with Gasteiger partial charge in [-0.15, -0.1) is 11.3 Å². The summed E-state index contributed by atoms with van der Waals surface area (Å²) in [7, 11) is 0. The smallest absolute Gasteiger partial charge is 0.228 e. The SMILES string of the molecule is O=Cc1ccc(NC(=O)[C@H]2CCC(OCc3ccccc3-c3ccccc3)C2)s1. The number of hydrogen-bond acceptors (Lipinski definition) is 4. The van der Waals surface area contributed by atoms with Crippen LogP contribution in [-0.2, 0) is 16.1 Å². The van der Waals surface area contributed by atoms with Gasteiger partial charge in [-0.25, -0.2) is 0 Å². The molecule has 2 aromatic carbocycles. The molecule has 2 atom stereocenters. The van der Waals surface area contributed by atoms with E-state index in [9.17, 15) is 9.59 Å². The minimum Gasteiger partial charge on any atom is -0.373 e. The Kier molecular flexibility index (Phi) is 6.17. The van der Waals surface area contributed by atoms with Gasteiger partial charge >= 0.3 is 0 Å². The van der Waals surface area contributed by atoms with Gasteiger partial charge in [-0.05, 0) is 48.1 Å². The number of rotatable bonds is 7. The molecule has 1 fully saturated rings. The predicted molar refractivity (Wildman–Crippen MR) is 116 cm³/mol. The summed E-state index contributed by atoms with van der Waals surface area (Å²) in [6, 6.07) is 22.1. The predicted octanol–water partition coefficient (Wildman–Crippen LogP) is 5.55. The molecule has 4 rings (SSSR count). The van der Waals surface area contributed by atoms with E-state index in [2.05, 4.69) is 29.6 Å². The van der Waals surface area contributed by atoms with Crippen molar-refractivity contribution in [2.24, 2.45) is 5.92 Å². The molecule has 1 amide bonds. The minimum atomic E-state index is -0.0499. The van der Waals surface area contributed by atoms with E-state index in [4.69, 9.17) is 4.74 Å². The monoisotopic (exact) mass is 405 g/mol. The lowest BCUT2D eigenvalue weighted by Gasteiger charge is -2.15. The zero-order valence-electron chi connectivity index (χ0n) is 16.0. The molecule has 1 heterocycles. The van der Waals surface area contributed by atoms with Gasteiger partial charge in [0, 0.05) is 5.92 Å². The number of aldehydes is 1. The van der Waals surface area contributed by atoms with Crippen molar-refractivity contribution in [3.63, 3.8) is 0 Å². The van der Waals surface area contributed by atoms with E-state index in [1.54, 1.807) is 12.1 Å². The first-order chi connectivity index (χ1) is 14.2. The highest BCUT2D eigenvalue weighted by Gasteiger charge is 2.30. The maximum absolute atomic E-state index is 12.5. The molecule has 0 saturated heterocycles. The van der Waals surface area contributed by atoms with E-state index in [-0.39, 0.29) is 17.9 Å². The van der Waals surface area contributed by atoms with E-state index in [0.717, 1.165) is 36.1 Å². The quantitative estimate of drug-likeness (QED) is 0.524. The molecule has 0 aliphatic heterocycles. The molecular formula is C24H23NO3S. The Bertz CT molecular complexity index is 983. The average Bonchev–Trinajstić information content (AvgIpc) is 3.42. The van der Waals surface area contributed by atoms with Crippen molar-refractivity contribution in [1.82, 2.24) is 0 Å². The van der Waals surface area contributed by atoms with Gasteiger partial charge in [0.2, 0.25) is 5.91 Å². The molecule has 1 unspecified atom stereocenters. The molecule has 0 spiro atoms. The van der Waals surface area contributed by atoms with Crippen molar-refractivity contribution in [2.75, 3.05) is 5.32 Å². The number of thiophene rings is 1. The second-order valence-corrected chi connectivity index (χ2v) is 8.39. The van der Waals surface area contributed by atoms with E-state index in [0.29, 0.717) is 11.5 Å². The van der Waals surface area contributed by atoms with Crippen LogP contribution in [0.1, 0.15) is 34.5 Å². The van der Waals surface area contributed by atoms with Crippen LogP contribution in [-0.4, -0.2) is 18.3 Å². The third-order valence-corrected chi connectivity index (χ3v) is 6.25. The Morgan fingerprint density at radius 1 is 1.03 bits per heavy atom. The largest absolute Gasteiger partial charge is 0.373 e. The van der Waals surface area contributed by atoms with Gasteiger partial charge in [-0.1, -0.05) is 54.6 Å². The number of anilines is 1. The molecule has 3 aromatic rings. The van der Waals surface area contributed by atoms with Crippen LogP contribution in [0.4, 0.5) is 5.00 Å². The van der Waals surface area contributed by atoms with Crippen molar-refractivity contribution >= 4 is 28.5 Å². The Morgan fingerprint density at radius 2 is 1.83 bits per heavy atom. The zero-order valence-corrected chi connectivity index (χ0v) is 16.9. The van der Waals surface area contributed by atoms with E-state index >= 15 is 0 Å². The third kappa shape index (κ3) is 4.81. The highest BCUT2D eigenvalue weighted by atomic mass is 32.1. The molecule has 1 aliphatic carbocycles. The van der Waals surface area contributed by atoms with Crippen LogP contribution >= 0.6 is 11.3 Å². The van der Waals surface area contributed by atoms with Gasteiger partial charge in [-0.2, -0.15) is 0 Å². The Morgan fingerprint density at radius 3 is 2.62 bits per heavy atom. The molecule has 1 saturated carbocycles. The highest BCUT2D eigenvalue weighted by molar-refractivity contribution is 7.17. The van der Waals surface area contributed by atoms with Crippen LogP contribution < -0.4 is 5.32 Å². The molecule has 148 valence electrons. The lowest BCUT2D eigenvalue weighted by Crippen LogP contribution is -2.21. The number of hydrogen-bond donors (Lipinski definition) is 1. The lowest BCUT2D eigenvalue weighted by atomic mass is 10.0. The first-order valence-corrected chi connectivity index (χ1v) is 10.7. The number of ether oxygens (including phenoxy) is 1. The van der Waals surface area contributed by atoms with Crippen LogP contribution in [0, 0.1) is 5.92 Å². The summed E-state index contributed by atoms with van der Waals surface area (Å²) < 4.78 is 6.18. The number of amides is 1. The van der Waals surface area contributed by atoms with Gasteiger partial charge in [0.1, 0.15) is 0 Å².